The molecule has 0 radical (unpaired) electrons. The molecule has 0 aromatic rings. The quantitative estimate of drug-likeness (QED) is 0.659. The molecule has 0 amide bonds. The zero-order chi connectivity index (χ0) is 10.3. The molecule has 0 rings (SSSR count). The van der Waals surface area contributed by atoms with Crippen LogP contribution in [0.25, 0.3) is 0 Å². The van der Waals surface area contributed by atoms with E-state index in [-0.39, 0.29) is 0 Å². The van der Waals surface area contributed by atoms with Crippen LogP contribution in [0.2, 0.25) is 0 Å². The van der Waals surface area contributed by atoms with E-state index in [1.165, 1.54) is 13.0 Å². The molecule has 2 atom stereocenters. The molecule has 2 heteroatoms. The van der Waals surface area contributed by atoms with Gasteiger partial charge in [-0.15, -0.1) is 0 Å². The zero-order valence-corrected chi connectivity index (χ0v) is 9.71. The van der Waals surface area contributed by atoms with Crippen molar-refractivity contribution in [2.24, 2.45) is 11.7 Å². The topological polar surface area (TPSA) is 29.3 Å². The lowest BCUT2D eigenvalue weighted by molar-refractivity contribution is 0.239. The SMILES string of the molecule is CCC(C)CN(CC)CCC(C)N. The van der Waals surface area contributed by atoms with Crippen molar-refractivity contribution >= 4 is 0 Å². The highest BCUT2D eigenvalue weighted by atomic mass is 15.1. The van der Waals surface area contributed by atoms with E-state index in [0.29, 0.717) is 6.04 Å². The fraction of sp³-hybridized carbons (Fsp3) is 1.00. The Balaban J connectivity index is 3.62. The van der Waals surface area contributed by atoms with Crippen LogP contribution in [0, 0.1) is 5.92 Å². The molecule has 0 fully saturated rings. The summed E-state index contributed by atoms with van der Waals surface area (Å²) in [7, 11) is 0. The summed E-state index contributed by atoms with van der Waals surface area (Å²) < 4.78 is 0. The molecule has 0 aliphatic rings. The maximum Gasteiger partial charge on any atom is 0.00226 e. The average molecular weight is 186 g/mol. The third-order valence-electron chi connectivity index (χ3n) is 2.61. The van der Waals surface area contributed by atoms with Crippen molar-refractivity contribution in [1.29, 1.82) is 0 Å². The van der Waals surface area contributed by atoms with Crippen LogP contribution < -0.4 is 5.73 Å². The first-order chi connectivity index (χ1) is 6.10. The molecule has 0 aliphatic carbocycles. The van der Waals surface area contributed by atoms with E-state index in [1.807, 2.05) is 0 Å². The fourth-order valence-corrected chi connectivity index (χ4v) is 1.33. The molecule has 0 aromatic carbocycles. The Labute approximate surface area is 83.5 Å². The summed E-state index contributed by atoms with van der Waals surface area (Å²) in [6, 6.07) is 0.339. The first kappa shape index (κ1) is 12.9. The van der Waals surface area contributed by atoms with Gasteiger partial charge >= 0.3 is 0 Å². The highest BCUT2D eigenvalue weighted by molar-refractivity contribution is 4.63. The Hall–Kier alpha value is -0.0800. The van der Waals surface area contributed by atoms with Crippen molar-refractivity contribution in [3.63, 3.8) is 0 Å². The van der Waals surface area contributed by atoms with Gasteiger partial charge in [-0.05, 0) is 32.4 Å². The van der Waals surface area contributed by atoms with Crippen LogP contribution in [0.15, 0.2) is 0 Å². The largest absolute Gasteiger partial charge is 0.328 e. The number of rotatable bonds is 7. The minimum Gasteiger partial charge on any atom is -0.328 e. The molecule has 0 saturated heterocycles. The molecule has 0 heterocycles. The van der Waals surface area contributed by atoms with Crippen LogP contribution in [-0.4, -0.2) is 30.6 Å². The molecule has 0 aromatic heterocycles. The van der Waals surface area contributed by atoms with Gasteiger partial charge in [0.1, 0.15) is 0 Å². The summed E-state index contributed by atoms with van der Waals surface area (Å²) in [6.07, 6.45) is 2.39. The van der Waals surface area contributed by atoms with E-state index in [4.69, 9.17) is 5.73 Å². The second kappa shape index (κ2) is 7.34. The summed E-state index contributed by atoms with van der Waals surface area (Å²) in [5.74, 6) is 0.813. The zero-order valence-electron chi connectivity index (χ0n) is 9.71. The lowest BCUT2D eigenvalue weighted by atomic mass is 10.1. The Morgan fingerprint density at radius 2 is 1.85 bits per heavy atom. The summed E-state index contributed by atoms with van der Waals surface area (Å²) in [6.45, 7) is 12.4. The third-order valence-corrected chi connectivity index (χ3v) is 2.61. The first-order valence-corrected chi connectivity index (χ1v) is 5.58. The molecule has 2 nitrogen and oxygen atoms in total. The molecule has 0 bridgehead atoms. The second-order valence-electron chi connectivity index (χ2n) is 4.17. The first-order valence-electron chi connectivity index (χ1n) is 5.58. The fourth-order valence-electron chi connectivity index (χ4n) is 1.33. The van der Waals surface area contributed by atoms with Crippen LogP contribution in [0.1, 0.15) is 40.5 Å². The molecular formula is C11H26N2. The van der Waals surface area contributed by atoms with Crippen LogP contribution in [-0.2, 0) is 0 Å². The van der Waals surface area contributed by atoms with Gasteiger partial charge in [0.2, 0.25) is 0 Å². The third kappa shape index (κ3) is 7.03. The minimum absolute atomic E-state index is 0.339. The Morgan fingerprint density at radius 3 is 2.23 bits per heavy atom. The number of hydrogen-bond donors (Lipinski definition) is 1. The molecule has 2 unspecified atom stereocenters. The Morgan fingerprint density at radius 1 is 1.23 bits per heavy atom. The number of nitrogens with zero attached hydrogens (tertiary/aromatic N) is 1. The smallest absolute Gasteiger partial charge is 0.00226 e. The van der Waals surface area contributed by atoms with E-state index in [2.05, 4.69) is 32.6 Å². The van der Waals surface area contributed by atoms with E-state index >= 15 is 0 Å². The van der Waals surface area contributed by atoms with E-state index in [0.717, 1.165) is 25.4 Å². The maximum atomic E-state index is 5.73. The van der Waals surface area contributed by atoms with Crippen molar-refractivity contribution in [3.8, 4) is 0 Å². The van der Waals surface area contributed by atoms with E-state index in [1.54, 1.807) is 0 Å². The van der Waals surface area contributed by atoms with Gasteiger partial charge in [0.05, 0.1) is 0 Å². The van der Waals surface area contributed by atoms with Crippen LogP contribution >= 0.6 is 0 Å². The van der Waals surface area contributed by atoms with Gasteiger partial charge in [0.25, 0.3) is 0 Å². The van der Waals surface area contributed by atoms with Crippen LogP contribution in [0.4, 0.5) is 0 Å². The Bertz CT molecular complexity index is 113. The predicted octanol–water partition coefficient (Wildman–Crippen LogP) is 2.09. The molecular weight excluding hydrogens is 160 g/mol. The lowest BCUT2D eigenvalue weighted by Gasteiger charge is -2.24. The molecule has 0 aliphatic heterocycles. The van der Waals surface area contributed by atoms with Crippen molar-refractivity contribution in [2.75, 3.05) is 19.6 Å². The van der Waals surface area contributed by atoms with Gasteiger partial charge in [-0.3, -0.25) is 0 Å². The maximum absolute atomic E-state index is 5.73. The van der Waals surface area contributed by atoms with Gasteiger partial charge in [-0.2, -0.15) is 0 Å². The molecule has 13 heavy (non-hydrogen) atoms. The number of nitrogens with two attached hydrogens (primary N) is 1. The van der Waals surface area contributed by atoms with E-state index in [9.17, 15) is 0 Å². The number of hydrogen-bond acceptors (Lipinski definition) is 2. The minimum atomic E-state index is 0.339. The van der Waals surface area contributed by atoms with Crippen LogP contribution in [0.5, 0.6) is 0 Å². The normalized spacial score (nSPS) is 16.2. The molecule has 0 saturated carbocycles. The van der Waals surface area contributed by atoms with Gasteiger partial charge < -0.3 is 10.6 Å². The highest BCUT2D eigenvalue weighted by Crippen LogP contribution is 2.04. The summed E-state index contributed by atoms with van der Waals surface area (Å²) in [4.78, 5) is 2.50. The standard InChI is InChI=1S/C11H26N2/c1-5-10(3)9-13(6-2)8-7-11(4)12/h10-11H,5-9,12H2,1-4H3. The van der Waals surface area contributed by atoms with Gasteiger partial charge in [-0.25, -0.2) is 0 Å². The van der Waals surface area contributed by atoms with Crippen molar-refractivity contribution < 1.29 is 0 Å². The lowest BCUT2D eigenvalue weighted by Crippen LogP contribution is -2.32. The monoisotopic (exact) mass is 186 g/mol. The molecule has 80 valence electrons. The Kier molecular flexibility index (Phi) is 7.29. The molecule has 2 N–H and O–H groups in total. The van der Waals surface area contributed by atoms with Crippen LogP contribution in [0.3, 0.4) is 0 Å². The summed E-state index contributed by atoms with van der Waals surface area (Å²) in [5.41, 5.74) is 5.73. The summed E-state index contributed by atoms with van der Waals surface area (Å²) >= 11 is 0. The van der Waals surface area contributed by atoms with E-state index < -0.39 is 0 Å². The van der Waals surface area contributed by atoms with Crippen molar-refractivity contribution in [2.45, 2.75) is 46.6 Å². The average Bonchev–Trinajstić information content (AvgIpc) is 2.11. The van der Waals surface area contributed by atoms with Gasteiger partial charge in [0, 0.05) is 12.6 Å². The highest BCUT2D eigenvalue weighted by Gasteiger charge is 2.07. The second-order valence-corrected chi connectivity index (χ2v) is 4.17. The predicted molar refractivity (Wildman–Crippen MR) is 59.8 cm³/mol. The molecule has 0 spiro atoms. The van der Waals surface area contributed by atoms with Gasteiger partial charge in [-0.1, -0.05) is 27.2 Å². The van der Waals surface area contributed by atoms with Crippen molar-refractivity contribution in [3.05, 3.63) is 0 Å². The van der Waals surface area contributed by atoms with Gasteiger partial charge in [0.15, 0.2) is 0 Å². The summed E-state index contributed by atoms with van der Waals surface area (Å²) in [5, 5.41) is 0. The van der Waals surface area contributed by atoms with Crippen molar-refractivity contribution in [1.82, 2.24) is 4.90 Å².